The third-order valence-electron chi connectivity index (χ3n) is 2.66. The predicted octanol–water partition coefficient (Wildman–Crippen LogP) is 2.52. The molecule has 1 saturated heterocycles. The minimum absolute atomic E-state index is 0.166. The van der Waals surface area contributed by atoms with Crippen LogP contribution in [0.2, 0.25) is 0 Å². The van der Waals surface area contributed by atoms with Crippen molar-refractivity contribution in [2.75, 3.05) is 11.5 Å². The van der Waals surface area contributed by atoms with Gasteiger partial charge >= 0.3 is 0 Å². The summed E-state index contributed by atoms with van der Waals surface area (Å²) in [5, 5.41) is 3.60. The van der Waals surface area contributed by atoms with Crippen molar-refractivity contribution in [3.63, 3.8) is 0 Å². The number of nitrogens with one attached hydrogen (secondary N) is 1. The molecule has 1 N–H and O–H groups in total. The topological polar surface area (TPSA) is 12.0 Å². The normalized spacial score (nSPS) is 21.6. The molecule has 1 aliphatic rings. The van der Waals surface area contributed by atoms with Gasteiger partial charge in [0.25, 0.3) is 0 Å². The Kier molecular flexibility index (Phi) is 4.34. The van der Waals surface area contributed by atoms with Gasteiger partial charge in [0.2, 0.25) is 0 Å². The average Bonchev–Trinajstić information content (AvgIpc) is 2.14. The maximum atomic E-state index is 5.56. The van der Waals surface area contributed by atoms with Crippen LogP contribution in [0.25, 0.3) is 0 Å². The van der Waals surface area contributed by atoms with Gasteiger partial charge in [0.1, 0.15) is 0 Å². The van der Waals surface area contributed by atoms with E-state index in [0.717, 1.165) is 0 Å². The zero-order valence-corrected chi connectivity index (χ0v) is 10.3. The Labute approximate surface area is 92.4 Å². The van der Waals surface area contributed by atoms with Gasteiger partial charge in [-0.1, -0.05) is 26.7 Å². The fourth-order valence-corrected chi connectivity index (χ4v) is 2.75. The fraction of sp³-hybridized carbons (Fsp3) is 0.833. The summed E-state index contributed by atoms with van der Waals surface area (Å²) < 4.78 is 0. The van der Waals surface area contributed by atoms with Crippen LogP contribution in [-0.4, -0.2) is 23.6 Å². The van der Waals surface area contributed by atoms with Crippen LogP contribution in [0.15, 0.2) is 0 Å². The Morgan fingerprint density at radius 3 is 2.36 bits per heavy atom. The van der Waals surface area contributed by atoms with E-state index in [1.165, 1.54) is 24.3 Å². The van der Waals surface area contributed by atoms with Gasteiger partial charge in [-0.25, -0.2) is 0 Å². The first kappa shape index (κ1) is 11.9. The van der Waals surface area contributed by atoms with Gasteiger partial charge in [-0.05, 0) is 29.8 Å². The molecule has 0 radical (unpaired) electrons. The fourth-order valence-electron chi connectivity index (χ4n) is 1.65. The van der Waals surface area contributed by atoms with Crippen LogP contribution >= 0.6 is 11.8 Å². The van der Waals surface area contributed by atoms with Crippen LogP contribution in [0.3, 0.4) is 0 Å². The van der Waals surface area contributed by atoms with Crippen molar-refractivity contribution in [3.05, 3.63) is 0 Å². The van der Waals surface area contributed by atoms with Crippen LogP contribution < -0.4 is 5.32 Å². The molecule has 0 amide bonds. The summed E-state index contributed by atoms with van der Waals surface area (Å²) in [4.78, 5) is 0. The quantitative estimate of drug-likeness (QED) is 0.704. The van der Waals surface area contributed by atoms with Crippen LogP contribution in [0.1, 0.15) is 33.6 Å². The van der Waals surface area contributed by atoms with Crippen molar-refractivity contribution in [1.29, 1.82) is 0 Å². The number of terminal acetylenes is 1. The summed E-state index contributed by atoms with van der Waals surface area (Å²) in [6.07, 6.45) is 8.08. The molecular weight excluding hydrogens is 190 g/mol. The van der Waals surface area contributed by atoms with E-state index in [1.54, 1.807) is 0 Å². The van der Waals surface area contributed by atoms with Crippen molar-refractivity contribution in [2.45, 2.75) is 45.7 Å². The maximum Gasteiger partial charge on any atom is 0.0738 e. The van der Waals surface area contributed by atoms with Crippen molar-refractivity contribution < 1.29 is 0 Å². The largest absolute Gasteiger partial charge is 0.300 e. The van der Waals surface area contributed by atoms with E-state index >= 15 is 0 Å². The molecule has 0 spiro atoms. The van der Waals surface area contributed by atoms with E-state index in [-0.39, 0.29) is 11.5 Å². The molecule has 2 heteroatoms. The first-order valence-corrected chi connectivity index (χ1v) is 6.49. The van der Waals surface area contributed by atoms with E-state index in [9.17, 15) is 0 Å². The Hall–Kier alpha value is -0.130. The second kappa shape index (κ2) is 5.09. The SMILES string of the molecule is C#CC(NC1CCSCC1)C(C)(C)C. The van der Waals surface area contributed by atoms with Gasteiger partial charge in [0.15, 0.2) is 0 Å². The number of rotatable bonds is 2. The van der Waals surface area contributed by atoms with Gasteiger partial charge in [-0.15, -0.1) is 6.42 Å². The van der Waals surface area contributed by atoms with Crippen LogP contribution in [0, 0.1) is 17.8 Å². The smallest absolute Gasteiger partial charge is 0.0738 e. The highest BCUT2D eigenvalue weighted by atomic mass is 32.2. The second-order valence-electron chi connectivity index (χ2n) is 5.02. The van der Waals surface area contributed by atoms with Gasteiger partial charge in [0, 0.05) is 6.04 Å². The monoisotopic (exact) mass is 211 g/mol. The molecule has 1 atom stereocenters. The van der Waals surface area contributed by atoms with Gasteiger partial charge < -0.3 is 5.32 Å². The minimum atomic E-state index is 0.166. The lowest BCUT2D eigenvalue weighted by molar-refractivity contribution is 0.289. The third-order valence-corrected chi connectivity index (χ3v) is 3.71. The molecule has 1 aliphatic heterocycles. The summed E-state index contributed by atoms with van der Waals surface area (Å²) >= 11 is 2.05. The zero-order chi connectivity index (χ0) is 10.6. The summed E-state index contributed by atoms with van der Waals surface area (Å²) in [6.45, 7) is 6.59. The average molecular weight is 211 g/mol. The van der Waals surface area contributed by atoms with E-state index in [0.29, 0.717) is 6.04 Å². The first-order valence-electron chi connectivity index (χ1n) is 5.34. The molecule has 1 unspecified atom stereocenters. The lowest BCUT2D eigenvalue weighted by Crippen LogP contribution is -2.46. The molecule has 1 fully saturated rings. The van der Waals surface area contributed by atoms with E-state index in [2.05, 4.69) is 32.0 Å². The minimum Gasteiger partial charge on any atom is -0.300 e. The maximum absolute atomic E-state index is 5.56. The van der Waals surface area contributed by atoms with Gasteiger partial charge in [-0.3, -0.25) is 0 Å². The summed E-state index contributed by atoms with van der Waals surface area (Å²) in [6, 6.07) is 0.840. The highest BCUT2D eigenvalue weighted by Gasteiger charge is 2.25. The van der Waals surface area contributed by atoms with Crippen molar-refractivity contribution in [1.82, 2.24) is 5.32 Å². The molecule has 0 saturated carbocycles. The highest BCUT2D eigenvalue weighted by molar-refractivity contribution is 7.99. The number of thioether (sulfide) groups is 1. The molecule has 1 heterocycles. The molecule has 14 heavy (non-hydrogen) atoms. The van der Waals surface area contributed by atoms with Crippen LogP contribution in [0.5, 0.6) is 0 Å². The lowest BCUT2D eigenvalue weighted by atomic mass is 9.86. The molecular formula is C12H21NS. The molecule has 80 valence electrons. The van der Waals surface area contributed by atoms with E-state index in [4.69, 9.17) is 6.42 Å². The molecule has 0 bridgehead atoms. The highest BCUT2D eigenvalue weighted by Crippen LogP contribution is 2.22. The van der Waals surface area contributed by atoms with Gasteiger partial charge in [-0.2, -0.15) is 11.8 Å². The molecule has 0 aromatic carbocycles. The van der Waals surface area contributed by atoms with Crippen LogP contribution in [0.4, 0.5) is 0 Å². The molecule has 0 aliphatic carbocycles. The molecule has 0 aromatic heterocycles. The van der Waals surface area contributed by atoms with E-state index in [1.807, 2.05) is 11.8 Å². The Bertz CT molecular complexity index is 205. The molecule has 1 nitrogen and oxygen atoms in total. The Morgan fingerprint density at radius 2 is 1.93 bits per heavy atom. The van der Waals surface area contributed by atoms with Crippen molar-refractivity contribution in [3.8, 4) is 12.3 Å². The summed E-state index contributed by atoms with van der Waals surface area (Å²) in [5.41, 5.74) is 0.166. The van der Waals surface area contributed by atoms with Gasteiger partial charge in [0.05, 0.1) is 6.04 Å². The molecule has 1 rings (SSSR count). The summed E-state index contributed by atoms with van der Waals surface area (Å²) in [5.74, 6) is 5.43. The Balaban J connectivity index is 2.44. The standard InChI is InChI=1S/C12H21NS/c1-5-11(12(2,3)4)13-10-6-8-14-9-7-10/h1,10-11,13H,6-9H2,2-4H3. The van der Waals surface area contributed by atoms with Crippen LogP contribution in [-0.2, 0) is 0 Å². The first-order chi connectivity index (χ1) is 6.54. The van der Waals surface area contributed by atoms with Crippen molar-refractivity contribution >= 4 is 11.8 Å². The number of hydrogen-bond acceptors (Lipinski definition) is 2. The van der Waals surface area contributed by atoms with E-state index < -0.39 is 0 Å². The molecule has 0 aromatic rings. The second-order valence-corrected chi connectivity index (χ2v) is 6.24. The predicted molar refractivity (Wildman–Crippen MR) is 65.6 cm³/mol. The van der Waals surface area contributed by atoms with Crippen molar-refractivity contribution in [2.24, 2.45) is 5.41 Å². The third kappa shape index (κ3) is 3.55. The summed E-state index contributed by atoms with van der Waals surface area (Å²) in [7, 11) is 0. The zero-order valence-electron chi connectivity index (χ0n) is 9.47. The number of hydrogen-bond donors (Lipinski definition) is 1. The Morgan fingerprint density at radius 1 is 1.36 bits per heavy atom. The lowest BCUT2D eigenvalue weighted by Gasteiger charge is -2.33.